The van der Waals surface area contributed by atoms with Gasteiger partial charge < -0.3 is 19.9 Å². The lowest BCUT2D eigenvalue weighted by Crippen LogP contribution is -2.41. The van der Waals surface area contributed by atoms with Crippen LogP contribution in [0.4, 0.5) is 8.78 Å². The predicted molar refractivity (Wildman–Crippen MR) is 92.8 cm³/mol. The maximum absolute atomic E-state index is 12.7. The van der Waals surface area contributed by atoms with Crippen molar-refractivity contribution in [1.82, 2.24) is 10.3 Å². The first kappa shape index (κ1) is 19.0. The van der Waals surface area contributed by atoms with Gasteiger partial charge in [-0.15, -0.1) is 0 Å². The number of benzene rings is 1. The first-order chi connectivity index (χ1) is 13.0. The van der Waals surface area contributed by atoms with Crippen LogP contribution in [0.1, 0.15) is 34.8 Å². The fourth-order valence-corrected chi connectivity index (χ4v) is 3.14. The molecule has 0 aliphatic heterocycles. The summed E-state index contributed by atoms with van der Waals surface area (Å²) in [4.78, 5) is 16.9. The van der Waals surface area contributed by atoms with E-state index in [9.17, 15) is 18.7 Å². The molecular formula is C19H20F2N2O4. The van der Waals surface area contributed by atoms with Crippen molar-refractivity contribution in [3.63, 3.8) is 0 Å². The van der Waals surface area contributed by atoms with E-state index in [1.807, 2.05) is 0 Å². The fraction of sp³-hybridized carbons (Fsp3) is 0.368. The Bertz CT molecular complexity index is 780. The highest BCUT2D eigenvalue weighted by Crippen LogP contribution is 2.38. The Hall–Kier alpha value is -2.74. The second kappa shape index (κ2) is 8.30. The predicted octanol–water partition coefficient (Wildman–Crippen LogP) is 2.93. The van der Waals surface area contributed by atoms with E-state index in [2.05, 4.69) is 15.0 Å². The van der Waals surface area contributed by atoms with Crippen molar-refractivity contribution < 1.29 is 28.2 Å². The molecule has 144 valence electrons. The summed E-state index contributed by atoms with van der Waals surface area (Å²) in [6, 6.07) is 8.87. The van der Waals surface area contributed by atoms with Crippen molar-refractivity contribution in [1.29, 1.82) is 0 Å². The van der Waals surface area contributed by atoms with Crippen LogP contribution in [0.5, 0.6) is 11.6 Å². The van der Waals surface area contributed by atoms with Crippen molar-refractivity contribution >= 4 is 5.91 Å². The molecular weight excluding hydrogens is 358 g/mol. The number of carbonyl (C=O) groups is 1. The number of hydrogen-bond donors (Lipinski definition) is 2. The first-order valence-electron chi connectivity index (χ1n) is 8.50. The average molecular weight is 378 g/mol. The van der Waals surface area contributed by atoms with E-state index in [4.69, 9.17) is 4.74 Å². The lowest BCUT2D eigenvalue weighted by Gasteiger charge is -2.38. The first-order valence-corrected chi connectivity index (χ1v) is 8.50. The van der Waals surface area contributed by atoms with Gasteiger partial charge in [0.1, 0.15) is 5.75 Å². The largest absolute Gasteiger partial charge is 0.481 e. The Labute approximate surface area is 155 Å². The van der Waals surface area contributed by atoms with Crippen LogP contribution in [-0.4, -0.2) is 35.8 Å². The number of aliphatic hydroxyl groups is 1. The van der Waals surface area contributed by atoms with Crippen molar-refractivity contribution in [2.45, 2.75) is 31.6 Å². The normalized spacial score (nSPS) is 19.9. The van der Waals surface area contributed by atoms with E-state index in [0.29, 0.717) is 18.7 Å². The highest BCUT2D eigenvalue weighted by Gasteiger charge is 2.36. The van der Waals surface area contributed by atoms with Crippen LogP contribution in [-0.2, 0) is 0 Å². The minimum atomic E-state index is -3.03. The van der Waals surface area contributed by atoms with Gasteiger partial charge in [-0.25, -0.2) is 4.98 Å². The number of halogens is 2. The Kier molecular flexibility index (Phi) is 5.85. The molecule has 0 bridgehead atoms. The van der Waals surface area contributed by atoms with E-state index >= 15 is 0 Å². The number of ether oxygens (including phenoxy) is 2. The Morgan fingerprint density at radius 1 is 1.26 bits per heavy atom. The molecule has 2 aromatic rings. The number of nitrogens with one attached hydrogen (secondary N) is 1. The van der Waals surface area contributed by atoms with E-state index in [-0.39, 0.29) is 17.2 Å². The SMILES string of the molecule is COc1ccc(C(NC(=O)c2ccccc2OC(F)F)C2CC(O)C2)cn1. The zero-order valence-electron chi connectivity index (χ0n) is 14.6. The number of methoxy groups -OCH3 is 1. The van der Waals surface area contributed by atoms with Crippen LogP contribution >= 0.6 is 0 Å². The number of aromatic nitrogens is 1. The fourth-order valence-electron chi connectivity index (χ4n) is 3.14. The molecule has 6 nitrogen and oxygen atoms in total. The third-order valence-corrected chi connectivity index (χ3v) is 4.58. The molecule has 1 aromatic carbocycles. The molecule has 3 rings (SSSR count). The average Bonchev–Trinajstić information content (AvgIpc) is 2.64. The van der Waals surface area contributed by atoms with Gasteiger partial charge in [0.2, 0.25) is 5.88 Å². The van der Waals surface area contributed by atoms with Gasteiger partial charge in [0, 0.05) is 12.3 Å². The number of para-hydroxylation sites is 1. The molecule has 1 aliphatic carbocycles. The monoisotopic (exact) mass is 378 g/mol. The van der Waals surface area contributed by atoms with E-state index in [0.717, 1.165) is 5.56 Å². The number of hydrogen-bond acceptors (Lipinski definition) is 5. The zero-order chi connectivity index (χ0) is 19.4. The molecule has 0 spiro atoms. The topological polar surface area (TPSA) is 80.7 Å². The van der Waals surface area contributed by atoms with Gasteiger partial charge >= 0.3 is 6.61 Å². The molecule has 1 atom stereocenters. The van der Waals surface area contributed by atoms with Gasteiger partial charge in [0.25, 0.3) is 5.91 Å². The van der Waals surface area contributed by atoms with Crippen molar-refractivity contribution in [3.8, 4) is 11.6 Å². The summed E-state index contributed by atoms with van der Waals surface area (Å²) in [5.41, 5.74) is 0.762. The molecule has 1 saturated carbocycles. The maximum Gasteiger partial charge on any atom is 0.387 e. The van der Waals surface area contributed by atoms with Gasteiger partial charge in [0.15, 0.2) is 0 Å². The van der Waals surface area contributed by atoms with Gasteiger partial charge in [-0.05, 0) is 36.5 Å². The molecule has 1 heterocycles. The number of amides is 1. The number of rotatable bonds is 7. The minimum Gasteiger partial charge on any atom is -0.481 e. The molecule has 27 heavy (non-hydrogen) atoms. The summed E-state index contributed by atoms with van der Waals surface area (Å²) in [5.74, 6) is -0.269. The van der Waals surface area contributed by atoms with Crippen LogP contribution in [0.15, 0.2) is 42.6 Å². The van der Waals surface area contributed by atoms with Gasteiger partial charge in [-0.1, -0.05) is 18.2 Å². The summed E-state index contributed by atoms with van der Waals surface area (Å²) in [6.07, 6.45) is 2.25. The van der Waals surface area contributed by atoms with Crippen molar-refractivity contribution in [3.05, 3.63) is 53.7 Å². The minimum absolute atomic E-state index is 0.0160. The van der Waals surface area contributed by atoms with Crippen molar-refractivity contribution in [2.24, 2.45) is 5.92 Å². The maximum atomic E-state index is 12.7. The quantitative estimate of drug-likeness (QED) is 0.774. The van der Waals surface area contributed by atoms with Gasteiger partial charge in [-0.2, -0.15) is 8.78 Å². The van der Waals surface area contributed by atoms with Crippen molar-refractivity contribution in [2.75, 3.05) is 7.11 Å². The Morgan fingerprint density at radius 3 is 2.59 bits per heavy atom. The van der Waals surface area contributed by atoms with E-state index < -0.39 is 24.7 Å². The summed E-state index contributed by atoms with van der Waals surface area (Å²) < 4.78 is 34.7. The number of aliphatic hydroxyl groups excluding tert-OH is 1. The van der Waals surface area contributed by atoms with Crippen LogP contribution < -0.4 is 14.8 Å². The highest BCUT2D eigenvalue weighted by atomic mass is 19.3. The van der Waals surface area contributed by atoms with Crippen LogP contribution in [0, 0.1) is 5.92 Å². The molecule has 1 amide bonds. The molecule has 1 aliphatic rings. The number of carbonyl (C=O) groups excluding carboxylic acids is 1. The lowest BCUT2D eigenvalue weighted by atomic mass is 9.75. The number of alkyl halides is 2. The molecule has 2 N–H and O–H groups in total. The van der Waals surface area contributed by atoms with Crippen LogP contribution in [0.2, 0.25) is 0 Å². The molecule has 1 unspecified atom stereocenters. The molecule has 0 radical (unpaired) electrons. The second-order valence-electron chi connectivity index (χ2n) is 6.34. The Morgan fingerprint density at radius 2 is 2.00 bits per heavy atom. The highest BCUT2D eigenvalue weighted by molar-refractivity contribution is 5.97. The zero-order valence-corrected chi connectivity index (χ0v) is 14.6. The van der Waals surface area contributed by atoms with Gasteiger partial charge in [0.05, 0.1) is 24.8 Å². The summed E-state index contributed by atoms with van der Waals surface area (Å²) in [6.45, 7) is -3.03. The van der Waals surface area contributed by atoms with Gasteiger partial charge in [-0.3, -0.25) is 4.79 Å². The van der Waals surface area contributed by atoms with Crippen LogP contribution in [0.25, 0.3) is 0 Å². The Balaban J connectivity index is 1.82. The lowest BCUT2D eigenvalue weighted by molar-refractivity contribution is -0.0502. The smallest absolute Gasteiger partial charge is 0.387 e. The second-order valence-corrected chi connectivity index (χ2v) is 6.34. The standard InChI is InChI=1S/C19H20F2N2O4/c1-26-16-7-6-11(10-22-16)17(12-8-13(24)9-12)23-18(25)14-4-2-3-5-15(14)27-19(20)21/h2-7,10,12-13,17,19,24H,8-9H2,1H3,(H,23,25). The molecule has 8 heteroatoms. The summed E-state index contributed by atoms with van der Waals surface area (Å²) in [7, 11) is 1.50. The molecule has 1 fully saturated rings. The van der Waals surface area contributed by atoms with Crippen LogP contribution in [0.3, 0.4) is 0 Å². The third-order valence-electron chi connectivity index (χ3n) is 4.58. The number of pyridine rings is 1. The molecule has 0 saturated heterocycles. The van der Waals surface area contributed by atoms with E-state index in [1.165, 1.54) is 25.3 Å². The summed E-state index contributed by atoms with van der Waals surface area (Å²) in [5, 5.41) is 12.5. The van der Waals surface area contributed by atoms with E-state index in [1.54, 1.807) is 24.4 Å². The number of nitrogens with zero attached hydrogens (tertiary/aromatic N) is 1. The summed E-state index contributed by atoms with van der Waals surface area (Å²) >= 11 is 0. The molecule has 1 aromatic heterocycles. The third kappa shape index (κ3) is 4.51.